The van der Waals surface area contributed by atoms with Crippen molar-refractivity contribution in [2.24, 2.45) is 5.41 Å². The minimum absolute atomic E-state index is 0.0572. The van der Waals surface area contributed by atoms with E-state index in [1.54, 1.807) is 0 Å². The molecule has 0 saturated heterocycles. The second-order valence-corrected chi connectivity index (χ2v) is 4.25. The van der Waals surface area contributed by atoms with Crippen LogP contribution in [0.5, 0.6) is 0 Å². The van der Waals surface area contributed by atoms with E-state index in [0.29, 0.717) is 0 Å². The summed E-state index contributed by atoms with van der Waals surface area (Å²) in [6.07, 6.45) is 2.06. The van der Waals surface area contributed by atoms with Gasteiger partial charge in [-0.15, -0.1) is 0 Å². The van der Waals surface area contributed by atoms with Gasteiger partial charge < -0.3 is 4.74 Å². The normalized spacial score (nSPS) is 14.1. The SMILES string of the molecule is CCC[C@@H](C)OC(=O)C(C)(C)C. The number of rotatable bonds is 3. The lowest BCUT2D eigenvalue weighted by molar-refractivity contribution is -0.158. The summed E-state index contributed by atoms with van der Waals surface area (Å²) in [6.45, 7) is 9.63. The molecule has 2 heteroatoms. The highest BCUT2D eigenvalue weighted by Gasteiger charge is 2.24. The van der Waals surface area contributed by atoms with Gasteiger partial charge in [-0.3, -0.25) is 4.79 Å². The van der Waals surface area contributed by atoms with Crippen LogP contribution in [-0.2, 0) is 9.53 Å². The topological polar surface area (TPSA) is 26.3 Å². The van der Waals surface area contributed by atoms with E-state index < -0.39 is 0 Å². The average Bonchev–Trinajstić information content (AvgIpc) is 1.85. The number of carbonyl (C=O) groups excluding carboxylic acids is 1. The summed E-state index contributed by atoms with van der Waals surface area (Å²) in [6, 6.07) is 0. The Morgan fingerprint density at radius 3 is 2.25 bits per heavy atom. The van der Waals surface area contributed by atoms with Crippen molar-refractivity contribution in [2.75, 3.05) is 0 Å². The summed E-state index contributed by atoms with van der Waals surface area (Å²) in [5.74, 6) is -0.108. The van der Waals surface area contributed by atoms with Gasteiger partial charge in [0.25, 0.3) is 0 Å². The summed E-state index contributed by atoms with van der Waals surface area (Å²) in [7, 11) is 0. The van der Waals surface area contributed by atoms with E-state index in [-0.39, 0.29) is 17.5 Å². The van der Waals surface area contributed by atoms with Crippen LogP contribution < -0.4 is 0 Å². The molecule has 0 aliphatic carbocycles. The predicted octanol–water partition coefficient (Wildman–Crippen LogP) is 2.76. The number of carbonyl (C=O) groups is 1. The Kier molecular flexibility index (Phi) is 4.29. The maximum absolute atomic E-state index is 11.3. The molecule has 0 saturated carbocycles. The molecule has 0 radical (unpaired) electrons. The lowest BCUT2D eigenvalue weighted by atomic mass is 9.97. The van der Waals surface area contributed by atoms with Crippen molar-refractivity contribution in [3.8, 4) is 0 Å². The highest BCUT2D eigenvalue weighted by molar-refractivity contribution is 5.75. The van der Waals surface area contributed by atoms with Crippen LogP contribution in [0.25, 0.3) is 0 Å². The first-order valence-corrected chi connectivity index (χ1v) is 4.59. The zero-order valence-corrected chi connectivity index (χ0v) is 8.81. The maximum atomic E-state index is 11.3. The van der Waals surface area contributed by atoms with Crippen molar-refractivity contribution in [1.29, 1.82) is 0 Å². The lowest BCUT2D eigenvalue weighted by Gasteiger charge is -2.20. The van der Waals surface area contributed by atoms with Gasteiger partial charge in [-0.05, 0) is 34.1 Å². The Morgan fingerprint density at radius 2 is 1.92 bits per heavy atom. The van der Waals surface area contributed by atoms with Crippen LogP contribution in [0.1, 0.15) is 47.5 Å². The summed E-state index contributed by atoms with van der Waals surface area (Å²) in [5.41, 5.74) is -0.373. The largest absolute Gasteiger partial charge is 0.462 e. The standard InChI is InChI=1S/C10H20O2/c1-6-7-8(2)12-9(11)10(3,4)5/h8H,6-7H2,1-5H3/t8-/m1/s1. The van der Waals surface area contributed by atoms with Gasteiger partial charge in [0, 0.05) is 0 Å². The minimum Gasteiger partial charge on any atom is -0.462 e. The fourth-order valence-corrected chi connectivity index (χ4v) is 0.825. The zero-order chi connectivity index (χ0) is 9.78. The Hall–Kier alpha value is -0.530. The van der Waals surface area contributed by atoms with Gasteiger partial charge in [0.15, 0.2) is 0 Å². The van der Waals surface area contributed by atoms with Crippen molar-refractivity contribution >= 4 is 5.97 Å². The van der Waals surface area contributed by atoms with Crippen LogP contribution in [0.4, 0.5) is 0 Å². The first-order chi connectivity index (χ1) is 5.38. The van der Waals surface area contributed by atoms with Gasteiger partial charge in [-0.1, -0.05) is 13.3 Å². The van der Waals surface area contributed by atoms with E-state index in [4.69, 9.17) is 4.74 Å². The molecule has 0 spiro atoms. The van der Waals surface area contributed by atoms with E-state index in [0.717, 1.165) is 12.8 Å². The number of ether oxygens (including phenoxy) is 1. The van der Waals surface area contributed by atoms with Crippen molar-refractivity contribution in [3.63, 3.8) is 0 Å². The van der Waals surface area contributed by atoms with Gasteiger partial charge >= 0.3 is 5.97 Å². The molecule has 0 aromatic heterocycles. The molecule has 1 atom stereocenters. The third-order valence-corrected chi connectivity index (χ3v) is 1.62. The molecule has 0 unspecified atom stereocenters. The van der Waals surface area contributed by atoms with Crippen LogP contribution in [0.2, 0.25) is 0 Å². The Bertz CT molecular complexity index is 144. The third kappa shape index (κ3) is 4.37. The smallest absolute Gasteiger partial charge is 0.311 e. The summed E-state index contributed by atoms with van der Waals surface area (Å²) < 4.78 is 5.22. The van der Waals surface area contributed by atoms with Crippen LogP contribution in [0.15, 0.2) is 0 Å². The fraction of sp³-hybridized carbons (Fsp3) is 0.900. The van der Waals surface area contributed by atoms with Crippen LogP contribution in [0, 0.1) is 5.41 Å². The molecule has 0 aliphatic heterocycles. The molecule has 0 fully saturated rings. The van der Waals surface area contributed by atoms with Gasteiger partial charge in [-0.2, -0.15) is 0 Å². The van der Waals surface area contributed by atoms with Gasteiger partial charge in [0.1, 0.15) is 0 Å². The predicted molar refractivity (Wildman–Crippen MR) is 49.9 cm³/mol. The molecule has 12 heavy (non-hydrogen) atoms. The molecular weight excluding hydrogens is 152 g/mol. The Morgan fingerprint density at radius 1 is 1.42 bits per heavy atom. The molecule has 72 valence electrons. The molecule has 0 bridgehead atoms. The first-order valence-electron chi connectivity index (χ1n) is 4.59. The van der Waals surface area contributed by atoms with Gasteiger partial charge in [-0.25, -0.2) is 0 Å². The number of hydrogen-bond acceptors (Lipinski definition) is 2. The maximum Gasteiger partial charge on any atom is 0.311 e. The minimum atomic E-state index is -0.373. The molecule has 0 N–H and O–H groups in total. The zero-order valence-electron chi connectivity index (χ0n) is 8.81. The molecule has 2 nitrogen and oxygen atoms in total. The number of hydrogen-bond donors (Lipinski definition) is 0. The summed E-state index contributed by atoms with van der Waals surface area (Å²) in [4.78, 5) is 11.3. The van der Waals surface area contributed by atoms with E-state index in [1.165, 1.54) is 0 Å². The third-order valence-electron chi connectivity index (χ3n) is 1.62. The first kappa shape index (κ1) is 11.5. The van der Waals surface area contributed by atoms with Gasteiger partial charge in [0.05, 0.1) is 11.5 Å². The van der Waals surface area contributed by atoms with E-state index in [1.807, 2.05) is 27.7 Å². The molecule has 0 aromatic carbocycles. The fourth-order valence-electron chi connectivity index (χ4n) is 0.825. The van der Waals surface area contributed by atoms with Crippen LogP contribution in [-0.4, -0.2) is 12.1 Å². The molecular formula is C10H20O2. The highest BCUT2D eigenvalue weighted by atomic mass is 16.5. The van der Waals surface area contributed by atoms with Crippen molar-refractivity contribution in [2.45, 2.75) is 53.6 Å². The van der Waals surface area contributed by atoms with E-state index >= 15 is 0 Å². The number of esters is 1. The molecule has 0 rings (SSSR count). The molecule has 0 heterocycles. The molecule has 0 aliphatic rings. The summed E-state index contributed by atoms with van der Waals surface area (Å²) in [5, 5.41) is 0. The van der Waals surface area contributed by atoms with Crippen molar-refractivity contribution in [1.82, 2.24) is 0 Å². The second kappa shape index (κ2) is 4.48. The van der Waals surface area contributed by atoms with Gasteiger partial charge in [0.2, 0.25) is 0 Å². The highest BCUT2D eigenvalue weighted by Crippen LogP contribution is 2.17. The lowest BCUT2D eigenvalue weighted by Crippen LogP contribution is -2.26. The monoisotopic (exact) mass is 172 g/mol. The van der Waals surface area contributed by atoms with Crippen LogP contribution in [0.3, 0.4) is 0 Å². The second-order valence-electron chi connectivity index (χ2n) is 4.25. The average molecular weight is 172 g/mol. The quantitative estimate of drug-likeness (QED) is 0.612. The molecule has 0 amide bonds. The van der Waals surface area contributed by atoms with Crippen LogP contribution >= 0.6 is 0 Å². The Labute approximate surface area is 75.3 Å². The van der Waals surface area contributed by atoms with Crippen molar-refractivity contribution < 1.29 is 9.53 Å². The van der Waals surface area contributed by atoms with E-state index in [2.05, 4.69) is 6.92 Å². The van der Waals surface area contributed by atoms with Crippen molar-refractivity contribution in [3.05, 3.63) is 0 Å². The molecule has 0 aromatic rings. The Balaban J connectivity index is 3.85. The summed E-state index contributed by atoms with van der Waals surface area (Å²) >= 11 is 0. The van der Waals surface area contributed by atoms with E-state index in [9.17, 15) is 4.79 Å².